The highest BCUT2D eigenvalue weighted by atomic mass is 32.2. The van der Waals surface area contributed by atoms with Gasteiger partial charge in [0.05, 0.1) is 22.8 Å². The number of anilines is 1. The summed E-state index contributed by atoms with van der Waals surface area (Å²) in [5.41, 5.74) is 5.74. The van der Waals surface area contributed by atoms with E-state index in [4.69, 9.17) is 5.73 Å². The number of sulfone groups is 1. The minimum Gasteiger partial charge on any atom is -0.505 e. The number of phenols is 1. The summed E-state index contributed by atoms with van der Waals surface area (Å²) in [6, 6.07) is 4.53. The van der Waals surface area contributed by atoms with Crippen LogP contribution in [0.3, 0.4) is 0 Å². The zero-order valence-electron chi connectivity index (χ0n) is 10.3. The number of amides is 1. The topological polar surface area (TPSA) is 109 Å². The van der Waals surface area contributed by atoms with Crippen LogP contribution in [-0.4, -0.2) is 37.5 Å². The summed E-state index contributed by atoms with van der Waals surface area (Å²) in [7, 11) is -2.94. The van der Waals surface area contributed by atoms with Gasteiger partial charge in [0.1, 0.15) is 0 Å². The van der Waals surface area contributed by atoms with Crippen molar-refractivity contribution in [1.82, 2.24) is 5.32 Å². The molecular formula is C12H16N2O4S. The molecule has 0 radical (unpaired) electrons. The van der Waals surface area contributed by atoms with Gasteiger partial charge in [0, 0.05) is 6.54 Å². The Hall–Kier alpha value is -1.76. The SMILES string of the molecule is Nc1cccc(C(=O)NCC2CCS(=O)(=O)C2)c1O. The summed E-state index contributed by atoms with van der Waals surface area (Å²) < 4.78 is 22.6. The number of nitrogen functional groups attached to an aromatic ring is 1. The van der Waals surface area contributed by atoms with Gasteiger partial charge in [0.25, 0.3) is 5.91 Å². The number of nitrogens with one attached hydrogen (secondary N) is 1. The van der Waals surface area contributed by atoms with Crippen LogP contribution in [0.15, 0.2) is 18.2 Å². The number of aromatic hydroxyl groups is 1. The number of phenolic OH excluding ortho intramolecular Hbond substituents is 1. The third-order valence-corrected chi connectivity index (χ3v) is 5.03. The molecular weight excluding hydrogens is 268 g/mol. The summed E-state index contributed by atoms with van der Waals surface area (Å²) >= 11 is 0. The van der Waals surface area contributed by atoms with Gasteiger partial charge in [0.2, 0.25) is 0 Å². The Morgan fingerprint density at radius 2 is 2.21 bits per heavy atom. The molecule has 1 aromatic rings. The fourth-order valence-electron chi connectivity index (χ4n) is 2.11. The molecule has 2 rings (SSSR count). The number of hydrogen-bond acceptors (Lipinski definition) is 5. The van der Waals surface area contributed by atoms with E-state index < -0.39 is 15.7 Å². The zero-order chi connectivity index (χ0) is 14.0. The van der Waals surface area contributed by atoms with Crippen LogP contribution in [-0.2, 0) is 9.84 Å². The number of benzene rings is 1. The van der Waals surface area contributed by atoms with E-state index in [1.807, 2.05) is 0 Å². The molecule has 1 aliphatic rings. The van der Waals surface area contributed by atoms with Crippen LogP contribution >= 0.6 is 0 Å². The van der Waals surface area contributed by atoms with Crippen molar-refractivity contribution in [3.05, 3.63) is 23.8 Å². The van der Waals surface area contributed by atoms with E-state index in [-0.39, 0.29) is 41.0 Å². The molecule has 0 aromatic heterocycles. The molecule has 0 saturated carbocycles. The smallest absolute Gasteiger partial charge is 0.255 e. The Balaban J connectivity index is 1.97. The van der Waals surface area contributed by atoms with Gasteiger partial charge in [-0.15, -0.1) is 0 Å². The van der Waals surface area contributed by atoms with Crippen LogP contribution in [0.5, 0.6) is 5.75 Å². The van der Waals surface area contributed by atoms with E-state index in [2.05, 4.69) is 5.32 Å². The molecule has 104 valence electrons. The molecule has 19 heavy (non-hydrogen) atoms. The lowest BCUT2D eigenvalue weighted by Crippen LogP contribution is -2.29. The lowest BCUT2D eigenvalue weighted by molar-refractivity contribution is 0.0946. The second-order valence-corrected chi connectivity index (χ2v) is 6.95. The van der Waals surface area contributed by atoms with Gasteiger partial charge in [-0.25, -0.2) is 8.42 Å². The molecule has 1 saturated heterocycles. The Morgan fingerprint density at radius 1 is 1.47 bits per heavy atom. The van der Waals surface area contributed by atoms with Crippen LogP contribution in [0.4, 0.5) is 5.69 Å². The van der Waals surface area contributed by atoms with Crippen molar-refractivity contribution in [2.45, 2.75) is 6.42 Å². The Kier molecular flexibility index (Phi) is 3.66. The van der Waals surface area contributed by atoms with E-state index in [0.717, 1.165) is 0 Å². The van der Waals surface area contributed by atoms with Crippen LogP contribution in [0, 0.1) is 5.92 Å². The number of carbonyl (C=O) groups excluding carboxylic acids is 1. The molecule has 1 amide bonds. The molecule has 4 N–H and O–H groups in total. The first-order valence-electron chi connectivity index (χ1n) is 5.95. The second kappa shape index (κ2) is 5.08. The van der Waals surface area contributed by atoms with Crippen molar-refractivity contribution in [3.63, 3.8) is 0 Å². The van der Waals surface area contributed by atoms with Crippen molar-refractivity contribution in [2.75, 3.05) is 23.8 Å². The summed E-state index contributed by atoms with van der Waals surface area (Å²) in [5.74, 6) is -0.474. The molecule has 1 unspecified atom stereocenters. The monoisotopic (exact) mass is 284 g/mol. The largest absolute Gasteiger partial charge is 0.505 e. The minimum absolute atomic E-state index is 0.0582. The molecule has 7 heteroatoms. The van der Waals surface area contributed by atoms with E-state index in [9.17, 15) is 18.3 Å². The average Bonchev–Trinajstić information content (AvgIpc) is 2.69. The molecule has 0 aliphatic carbocycles. The highest BCUT2D eigenvalue weighted by Crippen LogP contribution is 2.24. The van der Waals surface area contributed by atoms with Gasteiger partial charge in [-0.1, -0.05) is 6.07 Å². The van der Waals surface area contributed by atoms with Gasteiger partial charge in [-0.2, -0.15) is 0 Å². The number of hydrogen-bond donors (Lipinski definition) is 3. The first-order chi connectivity index (χ1) is 8.89. The van der Waals surface area contributed by atoms with Crippen LogP contribution in [0.1, 0.15) is 16.8 Å². The normalized spacial score (nSPS) is 21.2. The number of rotatable bonds is 3. The lowest BCUT2D eigenvalue weighted by Gasteiger charge is -2.11. The van der Waals surface area contributed by atoms with E-state index in [0.29, 0.717) is 6.42 Å². The number of carbonyl (C=O) groups is 1. The van der Waals surface area contributed by atoms with Crippen LogP contribution in [0.25, 0.3) is 0 Å². The predicted molar refractivity (Wildman–Crippen MR) is 71.6 cm³/mol. The Labute approximate surface area is 111 Å². The molecule has 1 heterocycles. The molecule has 1 fully saturated rings. The van der Waals surface area contributed by atoms with Crippen molar-refractivity contribution in [1.29, 1.82) is 0 Å². The molecule has 1 aliphatic heterocycles. The summed E-state index contributed by atoms with van der Waals surface area (Å²) in [6.45, 7) is 0.284. The first kappa shape index (κ1) is 13.7. The maximum atomic E-state index is 11.9. The first-order valence-corrected chi connectivity index (χ1v) is 7.77. The molecule has 1 atom stereocenters. The minimum atomic E-state index is -2.94. The fourth-order valence-corrected chi connectivity index (χ4v) is 3.97. The van der Waals surface area contributed by atoms with Crippen molar-refractivity contribution < 1.29 is 18.3 Å². The second-order valence-electron chi connectivity index (χ2n) is 4.72. The zero-order valence-corrected chi connectivity index (χ0v) is 11.1. The highest BCUT2D eigenvalue weighted by molar-refractivity contribution is 7.91. The summed E-state index contributed by atoms with van der Waals surface area (Å²) in [4.78, 5) is 11.9. The molecule has 6 nitrogen and oxygen atoms in total. The van der Waals surface area contributed by atoms with Gasteiger partial charge < -0.3 is 16.2 Å². The van der Waals surface area contributed by atoms with Crippen molar-refractivity contribution in [3.8, 4) is 5.75 Å². The van der Waals surface area contributed by atoms with E-state index >= 15 is 0 Å². The maximum Gasteiger partial charge on any atom is 0.255 e. The lowest BCUT2D eigenvalue weighted by atomic mass is 10.1. The van der Waals surface area contributed by atoms with Gasteiger partial charge in [-0.05, 0) is 24.5 Å². The molecule has 0 bridgehead atoms. The standard InChI is InChI=1S/C12H16N2O4S/c13-10-3-1-2-9(11(10)15)12(16)14-6-8-4-5-19(17,18)7-8/h1-3,8,15H,4-7,13H2,(H,14,16). The number of nitrogens with two attached hydrogens (primary N) is 1. The molecule has 1 aromatic carbocycles. The average molecular weight is 284 g/mol. The van der Waals surface area contributed by atoms with Crippen molar-refractivity contribution in [2.24, 2.45) is 5.92 Å². The van der Waals surface area contributed by atoms with Gasteiger partial charge in [-0.3, -0.25) is 4.79 Å². The molecule has 0 spiro atoms. The van der Waals surface area contributed by atoms with Gasteiger partial charge >= 0.3 is 0 Å². The summed E-state index contributed by atoms with van der Waals surface area (Å²) in [5, 5.41) is 12.3. The van der Waals surface area contributed by atoms with Crippen molar-refractivity contribution >= 4 is 21.4 Å². The highest BCUT2D eigenvalue weighted by Gasteiger charge is 2.28. The predicted octanol–water partition coefficient (Wildman–Crippen LogP) is 0.139. The van der Waals surface area contributed by atoms with E-state index in [1.165, 1.54) is 12.1 Å². The quantitative estimate of drug-likeness (QED) is 0.540. The summed E-state index contributed by atoms with van der Waals surface area (Å²) in [6.07, 6.45) is 0.561. The third-order valence-electron chi connectivity index (χ3n) is 3.19. The number of para-hydroxylation sites is 1. The van der Waals surface area contributed by atoms with E-state index in [1.54, 1.807) is 6.07 Å². The third kappa shape index (κ3) is 3.17. The Morgan fingerprint density at radius 3 is 2.84 bits per heavy atom. The van der Waals surface area contributed by atoms with Gasteiger partial charge in [0.15, 0.2) is 15.6 Å². The van der Waals surface area contributed by atoms with Crippen LogP contribution in [0.2, 0.25) is 0 Å². The van der Waals surface area contributed by atoms with Crippen LogP contribution < -0.4 is 11.1 Å². The maximum absolute atomic E-state index is 11.9. The fraction of sp³-hybridized carbons (Fsp3) is 0.417. The Bertz CT molecular complexity index is 598.